The first-order valence-corrected chi connectivity index (χ1v) is 10.9. The highest BCUT2D eigenvalue weighted by Gasteiger charge is 2.40. The van der Waals surface area contributed by atoms with Crippen molar-refractivity contribution < 1.29 is 32.6 Å². The molecule has 0 unspecified atom stereocenters. The molecule has 1 saturated heterocycles. The van der Waals surface area contributed by atoms with Crippen molar-refractivity contribution in [3.05, 3.63) is 46.7 Å². The number of carboxylic acids is 1. The molecule has 1 aromatic rings. The van der Waals surface area contributed by atoms with Crippen molar-refractivity contribution in [3.8, 4) is 0 Å². The molecule has 1 aliphatic heterocycles. The largest absolute Gasteiger partial charge is 0.477 e. The third kappa shape index (κ3) is 7.78. The van der Waals surface area contributed by atoms with Crippen molar-refractivity contribution >= 4 is 17.8 Å². The van der Waals surface area contributed by atoms with Gasteiger partial charge < -0.3 is 20.5 Å². The van der Waals surface area contributed by atoms with E-state index in [4.69, 9.17) is 10.5 Å². The summed E-state index contributed by atoms with van der Waals surface area (Å²) in [6.07, 6.45) is -5.05. The van der Waals surface area contributed by atoms with E-state index in [1.807, 2.05) is 13.8 Å². The second-order valence-corrected chi connectivity index (χ2v) is 9.28. The summed E-state index contributed by atoms with van der Waals surface area (Å²) in [5, 5.41) is 9.45. The minimum absolute atomic E-state index is 0.0275. The molecule has 10 heteroatoms. The summed E-state index contributed by atoms with van der Waals surface area (Å²) in [7, 11) is 0. The number of carbonyl (C=O) groups excluding carboxylic acids is 1. The fourth-order valence-electron chi connectivity index (χ4n) is 3.36. The Hall–Kier alpha value is -3.04. The van der Waals surface area contributed by atoms with E-state index in [-0.39, 0.29) is 25.2 Å². The van der Waals surface area contributed by atoms with Gasteiger partial charge in [0.1, 0.15) is 11.3 Å². The number of carbonyl (C=O) groups is 2. The van der Waals surface area contributed by atoms with Crippen molar-refractivity contribution in [3.63, 3.8) is 0 Å². The van der Waals surface area contributed by atoms with Crippen LogP contribution in [0.5, 0.6) is 0 Å². The van der Waals surface area contributed by atoms with Gasteiger partial charge in [0.05, 0.1) is 18.7 Å². The lowest BCUT2D eigenvalue weighted by atomic mass is 9.78. The maximum Gasteiger partial charge on any atom is 0.416 e. The highest BCUT2D eigenvalue weighted by atomic mass is 19.4. The number of aliphatic imine (C=N–C) groups is 1. The number of nitrogens with two attached hydrogens (primary N) is 1. The van der Waals surface area contributed by atoms with Crippen molar-refractivity contribution in [2.75, 3.05) is 13.1 Å². The van der Waals surface area contributed by atoms with E-state index in [0.29, 0.717) is 11.3 Å². The maximum atomic E-state index is 12.8. The van der Waals surface area contributed by atoms with Crippen LogP contribution in [0, 0.1) is 5.41 Å². The number of hydrogen-bond acceptors (Lipinski definition) is 5. The monoisotopic (exact) mass is 485 g/mol. The van der Waals surface area contributed by atoms with Crippen LogP contribution in [0.15, 0.2) is 40.5 Å². The van der Waals surface area contributed by atoms with Crippen LogP contribution in [-0.2, 0) is 22.3 Å². The molecule has 2 rings (SSSR count). The standard InChI is InChI=1S/C22H28F3N3O4.C2H6/c1-20(2,3)32-19(31)28-11-15(16(26)18(29)30)17(21(4,5)12-28)27-10-13-6-8-14(9-7-13)22(23,24)25;1-2/h6-9H,10-12,26H2,1-5H3,(H,29,30);1-2H3/b16-15-,27-17?;. The quantitative estimate of drug-likeness (QED) is 0.569. The summed E-state index contributed by atoms with van der Waals surface area (Å²) in [6, 6.07) is 4.57. The predicted molar refractivity (Wildman–Crippen MR) is 124 cm³/mol. The molecule has 1 heterocycles. The van der Waals surface area contributed by atoms with Gasteiger partial charge in [0.15, 0.2) is 0 Å². The number of hydrogen-bond donors (Lipinski definition) is 2. The highest BCUT2D eigenvalue weighted by molar-refractivity contribution is 6.10. The van der Waals surface area contributed by atoms with Crippen LogP contribution in [0.4, 0.5) is 18.0 Å². The van der Waals surface area contributed by atoms with Crippen molar-refractivity contribution in [1.29, 1.82) is 0 Å². The van der Waals surface area contributed by atoms with Crippen LogP contribution in [-0.4, -0.2) is 46.5 Å². The molecular formula is C24H34F3N3O4. The van der Waals surface area contributed by atoms with Gasteiger partial charge in [-0.3, -0.25) is 4.99 Å². The van der Waals surface area contributed by atoms with Crippen molar-refractivity contribution in [1.82, 2.24) is 4.90 Å². The SMILES string of the molecule is CC.CC(C)(C)OC(=O)N1C/C(=C(/N)C(=O)O)C(=NCc2ccc(C(F)(F)F)cc2)C(C)(C)C1. The molecule has 0 atom stereocenters. The maximum absolute atomic E-state index is 12.8. The van der Waals surface area contributed by atoms with Crippen LogP contribution in [0.25, 0.3) is 0 Å². The van der Waals surface area contributed by atoms with Crippen LogP contribution in [0.1, 0.15) is 59.6 Å². The number of rotatable bonds is 3. The molecule has 190 valence electrons. The molecule has 0 spiro atoms. The van der Waals surface area contributed by atoms with Gasteiger partial charge in [0.2, 0.25) is 0 Å². The number of ether oxygens (including phenoxy) is 1. The Labute approximate surface area is 198 Å². The lowest BCUT2D eigenvalue weighted by Crippen LogP contribution is -2.52. The zero-order valence-corrected chi connectivity index (χ0v) is 20.7. The summed E-state index contributed by atoms with van der Waals surface area (Å²) in [5.74, 6) is -1.36. The average molecular weight is 486 g/mol. The number of alkyl halides is 3. The predicted octanol–water partition coefficient (Wildman–Crippen LogP) is 5.25. The Kier molecular flexibility index (Phi) is 9.32. The van der Waals surface area contributed by atoms with Crippen LogP contribution >= 0.6 is 0 Å². The molecule has 0 saturated carbocycles. The van der Waals surface area contributed by atoms with E-state index in [1.54, 1.807) is 34.6 Å². The summed E-state index contributed by atoms with van der Waals surface area (Å²) >= 11 is 0. The zero-order valence-electron chi connectivity index (χ0n) is 20.7. The molecule has 0 aromatic heterocycles. The smallest absolute Gasteiger partial charge is 0.416 e. The van der Waals surface area contributed by atoms with Crippen molar-refractivity contribution in [2.45, 2.75) is 66.8 Å². The third-order valence-corrected chi connectivity index (χ3v) is 4.77. The first kappa shape index (κ1) is 29.0. The van der Waals surface area contributed by atoms with E-state index < -0.39 is 40.5 Å². The van der Waals surface area contributed by atoms with E-state index in [2.05, 4.69) is 4.99 Å². The Morgan fingerprint density at radius 1 is 1.15 bits per heavy atom. The van der Waals surface area contributed by atoms with Gasteiger partial charge in [0.25, 0.3) is 0 Å². The Balaban J connectivity index is 0.00000281. The summed E-state index contributed by atoms with van der Waals surface area (Å²) < 4.78 is 43.7. The number of aliphatic carboxylic acids is 1. The first-order chi connectivity index (χ1) is 15.5. The molecule has 1 aliphatic rings. The average Bonchev–Trinajstić information content (AvgIpc) is 2.71. The molecule has 0 radical (unpaired) electrons. The van der Waals surface area contributed by atoms with Crippen molar-refractivity contribution in [2.24, 2.45) is 16.1 Å². The zero-order chi connectivity index (χ0) is 26.5. The van der Waals surface area contributed by atoms with Gasteiger partial charge in [-0.05, 0) is 38.5 Å². The van der Waals surface area contributed by atoms with E-state index in [1.165, 1.54) is 17.0 Å². The number of piperidine rings is 1. The van der Waals surface area contributed by atoms with Gasteiger partial charge in [0, 0.05) is 23.2 Å². The number of nitrogens with zero attached hydrogens (tertiary/aromatic N) is 2. The van der Waals surface area contributed by atoms with E-state index >= 15 is 0 Å². The molecule has 1 fully saturated rings. The van der Waals surface area contributed by atoms with Gasteiger partial charge in [-0.1, -0.05) is 39.8 Å². The van der Waals surface area contributed by atoms with E-state index in [0.717, 1.165) is 12.1 Å². The summed E-state index contributed by atoms with van der Waals surface area (Å²) in [5.41, 5.74) is 4.17. The van der Waals surface area contributed by atoms with Crippen LogP contribution in [0.3, 0.4) is 0 Å². The first-order valence-electron chi connectivity index (χ1n) is 10.9. The molecular weight excluding hydrogens is 451 g/mol. The van der Waals surface area contributed by atoms with Crippen LogP contribution in [0.2, 0.25) is 0 Å². The molecule has 0 aliphatic carbocycles. The fourth-order valence-corrected chi connectivity index (χ4v) is 3.36. The number of carboxylic acid groups (broad SMARTS) is 1. The number of amides is 1. The fraction of sp³-hybridized carbons (Fsp3) is 0.542. The normalized spacial score (nSPS) is 18.6. The van der Waals surface area contributed by atoms with E-state index in [9.17, 15) is 27.9 Å². The summed E-state index contributed by atoms with van der Waals surface area (Å²) in [6.45, 7) is 12.8. The topological polar surface area (TPSA) is 105 Å². The lowest BCUT2D eigenvalue weighted by molar-refractivity contribution is -0.137. The molecule has 1 amide bonds. The van der Waals surface area contributed by atoms with Gasteiger partial charge >= 0.3 is 18.2 Å². The molecule has 0 bridgehead atoms. The second kappa shape index (κ2) is 10.9. The summed E-state index contributed by atoms with van der Waals surface area (Å²) in [4.78, 5) is 30.1. The number of halogens is 3. The van der Waals surface area contributed by atoms with Crippen LogP contribution < -0.4 is 5.73 Å². The molecule has 34 heavy (non-hydrogen) atoms. The Morgan fingerprint density at radius 2 is 1.68 bits per heavy atom. The minimum atomic E-state index is -4.44. The molecule has 1 aromatic carbocycles. The Morgan fingerprint density at radius 3 is 2.12 bits per heavy atom. The minimum Gasteiger partial charge on any atom is -0.477 e. The molecule has 7 nitrogen and oxygen atoms in total. The Bertz CT molecular complexity index is 944. The van der Waals surface area contributed by atoms with Gasteiger partial charge in [-0.15, -0.1) is 0 Å². The van der Waals surface area contributed by atoms with Gasteiger partial charge in [-0.2, -0.15) is 13.2 Å². The number of benzene rings is 1. The second-order valence-electron chi connectivity index (χ2n) is 9.28. The number of likely N-dealkylation sites (tertiary alicyclic amines) is 1. The highest BCUT2D eigenvalue weighted by Crippen LogP contribution is 2.33. The van der Waals surface area contributed by atoms with Gasteiger partial charge in [-0.25, -0.2) is 9.59 Å². The third-order valence-electron chi connectivity index (χ3n) is 4.77. The lowest BCUT2D eigenvalue weighted by Gasteiger charge is -2.41. The molecule has 3 N–H and O–H groups in total.